The predicted octanol–water partition coefficient (Wildman–Crippen LogP) is 1.63. The zero-order valence-electron chi connectivity index (χ0n) is 9.18. The summed E-state index contributed by atoms with van der Waals surface area (Å²) in [5.41, 5.74) is 0.0625. The number of rotatable bonds is 2. The molecule has 0 atom stereocenters. The molecule has 0 radical (unpaired) electrons. The van der Waals surface area contributed by atoms with Crippen LogP contribution in [-0.4, -0.2) is 30.8 Å². The second kappa shape index (κ2) is 4.14. The Morgan fingerprint density at radius 1 is 1.35 bits per heavy atom. The van der Waals surface area contributed by atoms with Crippen molar-refractivity contribution >= 4 is 17.6 Å². The monoisotopic (exact) mass is 252 g/mol. The number of aromatic carboxylic acids is 1. The van der Waals surface area contributed by atoms with E-state index in [0.717, 1.165) is 0 Å². The van der Waals surface area contributed by atoms with E-state index >= 15 is 0 Å². The highest BCUT2D eigenvalue weighted by atomic mass is 35.5. The van der Waals surface area contributed by atoms with Crippen LogP contribution in [0.3, 0.4) is 0 Å². The van der Waals surface area contributed by atoms with E-state index < -0.39 is 5.97 Å². The number of pyridine rings is 1. The third-order valence-corrected chi connectivity index (χ3v) is 2.31. The van der Waals surface area contributed by atoms with Gasteiger partial charge in [0.15, 0.2) is 5.82 Å². The van der Waals surface area contributed by atoms with E-state index in [0.29, 0.717) is 17.5 Å². The lowest BCUT2D eigenvalue weighted by molar-refractivity contribution is 0.0696. The molecule has 0 aromatic carbocycles. The normalized spacial score (nSPS) is 10.5. The zero-order chi connectivity index (χ0) is 12.6. The molecule has 0 amide bonds. The Hall–Kier alpha value is -1.95. The summed E-state index contributed by atoms with van der Waals surface area (Å²) in [5.74, 6) is 0.479. The van der Waals surface area contributed by atoms with E-state index in [9.17, 15) is 4.79 Å². The van der Waals surface area contributed by atoms with Crippen LogP contribution in [0, 0.1) is 13.8 Å². The van der Waals surface area contributed by atoms with E-state index in [2.05, 4.69) is 15.1 Å². The Morgan fingerprint density at radius 3 is 2.59 bits per heavy atom. The molecule has 2 aromatic rings. The molecule has 0 spiro atoms. The van der Waals surface area contributed by atoms with Crippen LogP contribution in [0.1, 0.15) is 22.0 Å². The number of nitrogens with zero attached hydrogens (tertiary/aromatic N) is 4. The largest absolute Gasteiger partial charge is 0.478 e. The van der Waals surface area contributed by atoms with Crippen molar-refractivity contribution in [1.82, 2.24) is 19.7 Å². The fourth-order valence-electron chi connectivity index (χ4n) is 1.45. The van der Waals surface area contributed by atoms with Gasteiger partial charge in [-0.25, -0.2) is 14.8 Å². The highest BCUT2D eigenvalue weighted by Crippen LogP contribution is 2.15. The van der Waals surface area contributed by atoms with Crippen LogP contribution >= 0.6 is 11.6 Å². The summed E-state index contributed by atoms with van der Waals surface area (Å²) in [5, 5.41) is 13.1. The second-order valence-corrected chi connectivity index (χ2v) is 3.85. The van der Waals surface area contributed by atoms with Gasteiger partial charge in [-0.1, -0.05) is 11.6 Å². The Labute approximate surface area is 102 Å². The molecule has 0 bridgehead atoms. The molecule has 0 saturated heterocycles. The van der Waals surface area contributed by atoms with Gasteiger partial charge in [-0.3, -0.25) is 0 Å². The maximum absolute atomic E-state index is 10.9. The van der Waals surface area contributed by atoms with Gasteiger partial charge in [-0.05, 0) is 26.0 Å². The van der Waals surface area contributed by atoms with Crippen LogP contribution in [0.2, 0.25) is 5.15 Å². The van der Waals surface area contributed by atoms with Crippen molar-refractivity contribution in [3.05, 3.63) is 34.5 Å². The van der Waals surface area contributed by atoms with Crippen LogP contribution < -0.4 is 0 Å². The number of carboxylic acids is 1. The Balaban J connectivity index is 2.59. The number of halogens is 1. The summed E-state index contributed by atoms with van der Waals surface area (Å²) in [6.07, 6.45) is 0. The smallest absolute Gasteiger partial charge is 0.335 e. The van der Waals surface area contributed by atoms with Crippen LogP contribution in [-0.2, 0) is 0 Å². The summed E-state index contributed by atoms with van der Waals surface area (Å²) < 4.78 is 1.45. The van der Waals surface area contributed by atoms with Crippen LogP contribution in [0.5, 0.6) is 0 Å². The van der Waals surface area contributed by atoms with Crippen molar-refractivity contribution in [2.24, 2.45) is 0 Å². The van der Waals surface area contributed by atoms with Gasteiger partial charge in [-0.15, -0.1) is 5.10 Å². The first-order valence-electron chi connectivity index (χ1n) is 4.79. The number of carboxylic acid groups (broad SMARTS) is 1. The van der Waals surface area contributed by atoms with Gasteiger partial charge in [0.2, 0.25) is 0 Å². The molecule has 88 valence electrons. The van der Waals surface area contributed by atoms with Crippen molar-refractivity contribution in [1.29, 1.82) is 0 Å². The number of aromatic nitrogens is 4. The standard InChI is InChI=1S/C10H9ClN4O2/c1-5-12-6(2)15(14-5)9-4-7(10(16)17)3-8(11)13-9/h3-4H,1-2H3,(H,16,17). The molecule has 2 rings (SSSR count). The average Bonchev–Trinajstić information content (AvgIpc) is 2.57. The van der Waals surface area contributed by atoms with Gasteiger partial charge in [0.25, 0.3) is 0 Å². The van der Waals surface area contributed by atoms with E-state index in [1.54, 1.807) is 13.8 Å². The van der Waals surface area contributed by atoms with Crippen molar-refractivity contribution < 1.29 is 9.90 Å². The molecule has 0 aliphatic carbocycles. The molecule has 6 nitrogen and oxygen atoms in total. The van der Waals surface area contributed by atoms with E-state index in [4.69, 9.17) is 16.7 Å². The van der Waals surface area contributed by atoms with Gasteiger partial charge >= 0.3 is 5.97 Å². The lowest BCUT2D eigenvalue weighted by Crippen LogP contribution is -2.06. The minimum Gasteiger partial charge on any atom is -0.478 e. The molecule has 0 saturated carbocycles. The lowest BCUT2D eigenvalue weighted by Gasteiger charge is -2.04. The first-order chi connectivity index (χ1) is 7.97. The summed E-state index contributed by atoms with van der Waals surface area (Å²) in [6.45, 7) is 3.50. The Kier molecular flexibility index (Phi) is 2.81. The highest BCUT2D eigenvalue weighted by Gasteiger charge is 2.11. The first-order valence-corrected chi connectivity index (χ1v) is 5.16. The number of carbonyl (C=O) groups is 1. The highest BCUT2D eigenvalue weighted by molar-refractivity contribution is 6.29. The maximum Gasteiger partial charge on any atom is 0.335 e. The summed E-state index contributed by atoms with van der Waals surface area (Å²) >= 11 is 5.77. The SMILES string of the molecule is Cc1nc(C)n(-c2cc(C(=O)O)cc(Cl)n2)n1. The van der Waals surface area contributed by atoms with Gasteiger partial charge < -0.3 is 5.11 Å². The van der Waals surface area contributed by atoms with E-state index in [1.807, 2.05) is 0 Å². The topological polar surface area (TPSA) is 80.9 Å². The minimum atomic E-state index is -1.06. The molecule has 0 unspecified atom stereocenters. The van der Waals surface area contributed by atoms with Crippen LogP contribution in [0.25, 0.3) is 5.82 Å². The number of aryl methyl sites for hydroxylation is 2. The van der Waals surface area contributed by atoms with Gasteiger partial charge in [0.05, 0.1) is 5.56 Å². The summed E-state index contributed by atoms with van der Waals surface area (Å²) in [6, 6.07) is 2.68. The first kappa shape index (κ1) is 11.5. The van der Waals surface area contributed by atoms with Gasteiger partial charge in [0, 0.05) is 0 Å². The molecular weight excluding hydrogens is 244 g/mol. The van der Waals surface area contributed by atoms with Crippen molar-refractivity contribution in [3.63, 3.8) is 0 Å². The molecule has 0 aliphatic rings. The number of hydrogen-bond acceptors (Lipinski definition) is 4. The summed E-state index contributed by atoms with van der Waals surface area (Å²) in [7, 11) is 0. The van der Waals surface area contributed by atoms with Crippen LogP contribution in [0.4, 0.5) is 0 Å². The average molecular weight is 253 g/mol. The molecule has 2 aromatic heterocycles. The molecule has 0 fully saturated rings. The zero-order valence-corrected chi connectivity index (χ0v) is 9.93. The second-order valence-electron chi connectivity index (χ2n) is 3.46. The van der Waals surface area contributed by atoms with Crippen molar-refractivity contribution in [3.8, 4) is 5.82 Å². The van der Waals surface area contributed by atoms with Crippen molar-refractivity contribution in [2.45, 2.75) is 13.8 Å². The molecule has 17 heavy (non-hydrogen) atoms. The molecule has 0 aliphatic heterocycles. The molecular formula is C10H9ClN4O2. The van der Waals surface area contributed by atoms with Crippen LogP contribution in [0.15, 0.2) is 12.1 Å². The fourth-order valence-corrected chi connectivity index (χ4v) is 1.66. The Morgan fingerprint density at radius 2 is 2.06 bits per heavy atom. The summed E-state index contributed by atoms with van der Waals surface area (Å²) in [4.78, 5) is 19.0. The quantitative estimate of drug-likeness (QED) is 0.822. The number of hydrogen-bond donors (Lipinski definition) is 1. The predicted molar refractivity (Wildman–Crippen MR) is 60.6 cm³/mol. The third kappa shape index (κ3) is 2.26. The van der Waals surface area contributed by atoms with Crippen molar-refractivity contribution in [2.75, 3.05) is 0 Å². The minimum absolute atomic E-state index is 0.0625. The Bertz CT molecular complexity index is 594. The van der Waals surface area contributed by atoms with E-state index in [1.165, 1.54) is 16.8 Å². The molecule has 7 heteroatoms. The van der Waals surface area contributed by atoms with Gasteiger partial charge in [0.1, 0.15) is 16.8 Å². The van der Waals surface area contributed by atoms with E-state index in [-0.39, 0.29) is 10.7 Å². The lowest BCUT2D eigenvalue weighted by atomic mass is 10.2. The van der Waals surface area contributed by atoms with Gasteiger partial charge in [-0.2, -0.15) is 4.68 Å². The fraction of sp³-hybridized carbons (Fsp3) is 0.200. The molecule has 1 N–H and O–H groups in total. The third-order valence-electron chi connectivity index (χ3n) is 2.12. The maximum atomic E-state index is 10.9. The molecule has 2 heterocycles.